The summed E-state index contributed by atoms with van der Waals surface area (Å²) in [4.78, 5) is 28.3. The Morgan fingerprint density at radius 3 is 2.80 bits per heavy atom. The predicted molar refractivity (Wildman–Crippen MR) is 76.3 cm³/mol. The van der Waals surface area contributed by atoms with Crippen LogP contribution in [0.4, 0.5) is 0 Å². The van der Waals surface area contributed by atoms with Gasteiger partial charge in [-0.25, -0.2) is 4.98 Å². The van der Waals surface area contributed by atoms with Gasteiger partial charge >= 0.3 is 5.97 Å². The molecule has 0 aliphatic carbocycles. The zero-order chi connectivity index (χ0) is 14.7. The number of carboxylic acids is 1. The number of carbonyl (C=O) groups is 2. The van der Waals surface area contributed by atoms with Gasteiger partial charge in [-0.3, -0.25) is 9.59 Å². The van der Waals surface area contributed by atoms with Crippen molar-refractivity contribution in [2.75, 3.05) is 7.05 Å². The second kappa shape index (κ2) is 5.98. The number of likely N-dealkylation sites (N-methyl/N-ethyl adjacent to an activating group) is 1. The van der Waals surface area contributed by atoms with Crippen LogP contribution in [0.3, 0.4) is 0 Å². The Labute approximate surface area is 119 Å². The molecule has 0 saturated carbocycles. The Bertz CT molecular complexity index is 608. The van der Waals surface area contributed by atoms with E-state index in [4.69, 9.17) is 10.8 Å². The maximum atomic E-state index is 11.9. The highest BCUT2D eigenvalue weighted by Gasteiger charge is 2.21. The van der Waals surface area contributed by atoms with Crippen molar-refractivity contribution in [1.82, 2.24) is 9.88 Å². The molecule has 2 aromatic rings. The summed E-state index contributed by atoms with van der Waals surface area (Å²) in [6, 6.07) is 6.69. The number of nitrogens with two attached hydrogens (primary N) is 1. The van der Waals surface area contributed by atoms with Crippen LogP contribution in [-0.4, -0.2) is 40.0 Å². The Kier molecular flexibility index (Phi) is 4.31. The summed E-state index contributed by atoms with van der Waals surface area (Å²) in [7, 11) is 1.59. The number of benzene rings is 1. The van der Waals surface area contributed by atoms with Crippen molar-refractivity contribution in [3.05, 3.63) is 29.3 Å². The van der Waals surface area contributed by atoms with E-state index in [9.17, 15) is 9.59 Å². The lowest BCUT2D eigenvalue weighted by molar-refractivity contribution is -0.141. The van der Waals surface area contributed by atoms with Gasteiger partial charge in [0.25, 0.3) is 0 Å². The maximum absolute atomic E-state index is 11.9. The van der Waals surface area contributed by atoms with Gasteiger partial charge in [0.2, 0.25) is 5.91 Å². The van der Waals surface area contributed by atoms with Crippen molar-refractivity contribution in [3.8, 4) is 0 Å². The first kappa shape index (κ1) is 14.4. The summed E-state index contributed by atoms with van der Waals surface area (Å²) in [6.45, 7) is 0.325. The lowest BCUT2D eigenvalue weighted by Gasteiger charge is -2.19. The van der Waals surface area contributed by atoms with E-state index in [0.717, 1.165) is 15.2 Å². The number of aliphatic carboxylic acids is 1. The van der Waals surface area contributed by atoms with Crippen molar-refractivity contribution in [2.45, 2.75) is 19.0 Å². The third-order valence-electron chi connectivity index (χ3n) is 2.80. The van der Waals surface area contributed by atoms with E-state index in [0.29, 0.717) is 6.54 Å². The van der Waals surface area contributed by atoms with Crippen molar-refractivity contribution in [2.24, 2.45) is 5.73 Å². The first-order valence-corrected chi connectivity index (χ1v) is 6.86. The lowest BCUT2D eigenvalue weighted by atomic mass is 10.2. The van der Waals surface area contributed by atoms with Gasteiger partial charge in [0.1, 0.15) is 5.01 Å². The largest absolute Gasteiger partial charge is 0.481 e. The molecular weight excluding hydrogens is 278 g/mol. The van der Waals surface area contributed by atoms with E-state index in [1.807, 2.05) is 24.3 Å². The Hall–Kier alpha value is -1.99. The summed E-state index contributed by atoms with van der Waals surface area (Å²) in [5.41, 5.74) is 6.45. The van der Waals surface area contributed by atoms with E-state index in [1.54, 1.807) is 7.05 Å². The number of hydrogen-bond acceptors (Lipinski definition) is 5. The number of para-hydroxylation sites is 1. The maximum Gasteiger partial charge on any atom is 0.305 e. The lowest BCUT2D eigenvalue weighted by Crippen LogP contribution is -2.42. The highest BCUT2D eigenvalue weighted by atomic mass is 32.1. The van der Waals surface area contributed by atoms with Gasteiger partial charge in [-0.1, -0.05) is 12.1 Å². The fraction of sp³-hybridized carbons (Fsp3) is 0.308. The number of nitrogens with zero attached hydrogens (tertiary/aromatic N) is 2. The van der Waals surface area contributed by atoms with Gasteiger partial charge in [0, 0.05) is 7.05 Å². The third-order valence-corrected chi connectivity index (χ3v) is 3.82. The van der Waals surface area contributed by atoms with Gasteiger partial charge in [0.15, 0.2) is 0 Å². The first-order valence-electron chi connectivity index (χ1n) is 6.04. The summed E-state index contributed by atoms with van der Waals surface area (Å²) in [5, 5.41) is 9.43. The summed E-state index contributed by atoms with van der Waals surface area (Å²) >= 11 is 1.51. The molecule has 3 N–H and O–H groups in total. The Morgan fingerprint density at radius 1 is 1.45 bits per heavy atom. The van der Waals surface area contributed by atoms with Crippen LogP contribution >= 0.6 is 11.3 Å². The second-order valence-electron chi connectivity index (χ2n) is 4.47. The molecule has 1 unspecified atom stereocenters. The molecule has 1 aromatic carbocycles. The van der Waals surface area contributed by atoms with Gasteiger partial charge in [0.05, 0.1) is 29.2 Å². The first-order chi connectivity index (χ1) is 9.47. The summed E-state index contributed by atoms with van der Waals surface area (Å²) < 4.78 is 1.05. The number of hydrogen-bond donors (Lipinski definition) is 2. The molecule has 0 aliphatic heterocycles. The molecular formula is C13H15N3O3S. The van der Waals surface area contributed by atoms with Crippen LogP contribution in [0.1, 0.15) is 11.4 Å². The number of carboxylic acid groups (broad SMARTS) is 1. The highest BCUT2D eigenvalue weighted by Crippen LogP contribution is 2.22. The zero-order valence-corrected chi connectivity index (χ0v) is 11.8. The van der Waals surface area contributed by atoms with Crippen LogP contribution in [0.25, 0.3) is 10.2 Å². The average Bonchev–Trinajstić information content (AvgIpc) is 2.78. The Morgan fingerprint density at radius 2 is 2.15 bits per heavy atom. The van der Waals surface area contributed by atoms with Gasteiger partial charge in [-0.15, -0.1) is 11.3 Å². The van der Waals surface area contributed by atoms with E-state index in [-0.39, 0.29) is 6.42 Å². The number of carbonyl (C=O) groups excluding carboxylic acids is 1. The molecule has 2 rings (SSSR count). The minimum atomic E-state index is -1.08. The molecule has 7 heteroatoms. The molecule has 0 aliphatic rings. The van der Waals surface area contributed by atoms with E-state index >= 15 is 0 Å². The SMILES string of the molecule is CN(Cc1nc2ccccc2s1)C(=O)C(N)CC(=O)O. The molecule has 1 aromatic heterocycles. The smallest absolute Gasteiger partial charge is 0.305 e. The van der Waals surface area contributed by atoms with Crippen molar-refractivity contribution in [3.63, 3.8) is 0 Å². The fourth-order valence-corrected chi connectivity index (χ4v) is 2.85. The molecule has 1 amide bonds. The van der Waals surface area contributed by atoms with Crippen LogP contribution in [-0.2, 0) is 16.1 Å². The topological polar surface area (TPSA) is 96.5 Å². The second-order valence-corrected chi connectivity index (χ2v) is 5.59. The van der Waals surface area contributed by atoms with Crippen molar-refractivity contribution < 1.29 is 14.7 Å². The zero-order valence-electron chi connectivity index (χ0n) is 10.9. The molecule has 20 heavy (non-hydrogen) atoms. The van der Waals surface area contributed by atoms with Crippen LogP contribution in [0.5, 0.6) is 0 Å². The molecule has 6 nitrogen and oxygen atoms in total. The molecule has 0 fully saturated rings. The standard InChI is InChI=1S/C13H15N3O3S/c1-16(13(19)8(14)6-12(17)18)7-11-15-9-4-2-3-5-10(9)20-11/h2-5,8H,6-7,14H2,1H3,(H,17,18). The Balaban J connectivity index is 2.05. The van der Waals surface area contributed by atoms with E-state index in [2.05, 4.69) is 4.98 Å². The van der Waals surface area contributed by atoms with Crippen LogP contribution in [0, 0.1) is 0 Å². The number of fused-ring (bicyclic) bond motifs is 1. The van der Waals surface area contributed by atoms with Crippen LogP contribution < -0.4 is 5.73 Å². The van der Waals surface area contributed by atoms with Gasteiger partial charge in [-0.05, 0) is 12.1 Å². The molecule has 1 atom stereocenters. The number of rotatable bonds is 5. The van der Waals surface area contributed by atoms with E-state index in [1.165, 1.54) is 16.2 Å². The minimum Gasteiger partial charge on any atom is -0.481 e. The monoisotopic (exact) mass is 293 g/mol. The average molecular weight is 293 g/mol. The molecule has 106 valence electrons. The van der Waals surface area contributed by atoms with Crippen LogP contribution in [0.15, 0.2) is 24.3 Å². The van der Waals surface area contributed by atoms with Crippen molar-refractivity contribution in [1.29, 1.82) is 0 Å². The highest BCUT2D eigenvalue weighted by molar-refractivity contribution is 7.18. The molecule has 0 radical (unpaired) electrons. The van der Waals surface area contributed by atoms with E-state index < -0.39 is 17.9 Å². The summed E-state index contributed by atoms with van der Waals surface area (Å²) in [6.07, 6.45) is -0.372. The minimum absolute atomic E-state index is 0.325. The molecule has 0 bridgehead atoms. The van der Waals surface area contributed by atoms with Crippen LogP contribution in [0.2, 0.25) is 0 Å². The molecule has 0 saturated heterocycles. The normalized spacial score (nSPS) is 12.3. The fourth-order valence-electron chi connectivity index (χ4n) is 1.83. The third kappa shape index (κ3) is 3.31. The number of aromatic nitrogens is 1. The number of amides is 1. The molecule has 1 heterocycles. The van der Waals surface area contributed by atoms with Gasteiger partial charge in [-0.2, -0.15) is 0 Å². The summed E-state index contributed by atoms with van der Waals surface area (Å²) in [5.74, 6) is -1.48. The number of thiazole rings is 1. The molecule has 0 spiro atoms. The quantitative estimate of drug-likeness (QED) is 0.859. The van der Waals surface area contributed by atoms with Crippen molar-refractivity contribution >= 4 is 33.4 Å². The predicted octanol–water partition coefficient (Wildman–Crippen LogP) is 1.06. The van der Waals surface area contributed by atoms with Gasteiger partial charge < -0.3 is 15.7 Å².